The number of esters is 1. The average molecular weight is 412 g/mol. The Morgan fingerprint density at radius 2 is 1.83 bits per heavy atom. The van der Waals surface area contributed by atoms with E-state index >= 15 is 0 Å². The maximum Gasteiger partial charge on any atom is 0.418 e. The SMILES string of the molecule is C[C@H](OC(=O)COc1ccccc1)C(=O)Nc1ccc([N+](=O)[O-])cc1C(F)(F)F. The van der Waals surface area contributed by atoms with Crippen LogP contribution in [0.15, 0.2) is 48.5 Å². The monoisotopic (exact) mass is 412 g/mol. The van der Waals surface area contributed by atoms with Crippen molar-refractivity contribution in [3.8, 4) is 5.75 Å². The van der Waals surface area contributed by atoms with E-state index in [1.165, 1.54) is 0 Å². The van der Waals surface area contributed by atoms with Gasteiger partial charge in [0.05, 0.1) is 16.2 Å². The Bertz CT molecular complexity index is 902. The molecule has 0 fully saturated rings. The molecule has 2 aromatic carbocycles. The predicted octanol–water partition coefficient (Wildman–Crippen LogP) is 3.56. The number of nitro benzene ring substituents is 1. The number of benzene rings is 2. The van der Waals surface area contributed by atoms with E-state index < -0.39 is 52.6 Å². The van der Waals surface area contributed by atoms with Gasteiger partial charge in [-0.05, 0) is 25.1 Å². The number of halogens is 3. The lowest BCUT2D eigenvalue weighted by molar-refractivity contribution is -0.385. The van der Waals surface area contributed by atoms with Gasteiger partial charge < -0.3 is 14.8 Å². The molecule has 1 N–H and O–H groups in total. The van der Waals surface area contributed by atoms with E-state index in [-0.39, 0.29) is 0 Å². The van der Waals surface area contributed by atoms with Crippen LogP contribution in [0.25, 0.3) is 0 Å². The zero-order valence-electron chi connectivity index (χ0n) is 14.9. The number of anilines is 1. The summed E-state index contributed by atoms with van der Waals surface area (Å²) in [4.78, 5) is 33.5. The summed E-state index contributed by atoms with van der Waals surface area (Å²) in [5.41, 5.74) is -2.88. The number of carbonyl (C=O) groups is 2. The molecule has 0 aromatic heterocycles. The van der Waals surface area contributed by atoms with Crippen molar-refractivity contribution in [1.29, 1.82) is 0 Å². The fraction of sp³-hybridized carbons (Fsp3) is 0.222. The molecule has 0 aliphatic rings. The van der Waals surface area contributed by atoms with Gasteiger partial charge in [-0.3, -0.25) is 14.9 Å². The van der Waals surface area contributed by atoms with Crippen molar-refractivity contribution < 1.29 is 37.2 Å². The summed E-state index contributed by atoms with van der Waals surface area (Å²) in [5, 5.41) is 12.7. The summed E-state index contributed by atoms with van der Waals surface area (Å²) in [7, 11) is 0. The molecule has 0 heterocycles. The van der Waals surface area contributed by atoms with E-state index in [2.05, 4.69) is 0 Å². The number of hydrogen-bond acceptors (Lipinski definition) is 6. The first-order valence-corrected chi connectivity index (χ1v) is 8.11. The molecular formula is C18H15F3N2O6. The lowest BCUT2D eigenvalue weighted by atomic mass is 10.1. The first-order chi connectivity index (χ1) is 13.6. The number of nitrogens with zero attached hydrogens (tertiary/aromatic N) is 1. The molecule has 8 nitrogen and oxygen atoms in total. The number of amides is 1. The van der Waals surface area contributed by atoms with Crippen molar-refractivity contribution in [2.45, 2.75) is 19.2 Å². The third-order valence-electron chi connectivity index (χ3n) is 3.55. The standard InChI is InChI=1S/C18H15F3N2O6/c1-11(29-16(24)10-28-13-5-3-2-4-6-13)17(25)22-15-8-7-12(23(26)27)9-14(15)18(19,20)21/h2-9,11H,10H2,1H3,(H,22,25)/t11-/m0/s1. The van der Waals surface area contributed by atoms with Gasteiger partial charge in [0.15, 0.2) is 12.7 Å². The van der Waals surface area contributed by atoms with Gasteiger partial charge in [0.1, 0.15) is 5.75 Å². The normalized spacial score (nSPS) is 12.0. The molecule has 0 aliphatic carbocycles. The van der Waals surface area contributed by atoms with Gasteiger partial charge in [0.2, 0.25) is 0 Å². The first-order valence-electron chi connectivity index (χ1n) is 8.11. The van der Waals surface area contributed by atoms with E-state index in [9.17, 15) is 32.9 Å². The van der Waals surface area contributed by atoms with Crippen LogP contribution in [0, 0.1) is 10.1 Å². The molecule has 1 atom stereocenters. The van der Waals surface area contributed by atoms with Crippen LogP contribution in [0.3, 0.4) is 0 Å². The molecule has 2 rings (SSSR count). The smallest absolute Gasteiger partial charge is 0.418 e. The Morgan fingerprint density at radius 1 is 1.17 bits per heavy atom. The average Bonchev–Trinajstić information content (AvgIpc) is 2.66. The summed E-state index contributed by atoms with van der Waals surface area (Å²) < 4.78 is 49.4. The maximum absolute atomic E-state index is 13.1. The molecule has 29 heavy (non-hydrogen) atoms. The second-order valence-electron chi connectivity index (χ2n) is 5.71. The topological polar surface area (TPSA) is 108 Å². The van der Waals surface area contributed by atoms with Gasteiger partial charge >= 0.3 is 12.1 Å². The number of alkyl halides is 3. The molecule has 0 saturated heterocycles. The van der Waals surface area contributed by atoms with Crippen molar-refractivity contribution in [3.05, 3.63) is 64.2 Å². The molecular weight excluding hydrogens is 397 g/mol. The van der Waals surface area contributed by atoms with Crippen LogP contribution < -0.4 is 10.1 Å². The number of hydrogen-bond donors (Lipinski definition) is 1. The van der Waals surface area contributed by atoms with Crippen LogP contribution in [0.4, 0.5) is 24.5 Å². The van der Waals surface area contributed by atoms with Crippen LogP contribution in [0.1, 0.15) is 12.5 Å². The third kappa shape index (κ3) is 6.19. The minimum absolute atomic E-state index is 0.306. The molecule has 0 aliphatic heterocycles. The van der Waals surface area contributed by atoms with Crippen LogP contribution in [0.2, 0.25) is 0 Å². The van der Waals surface area contributed by atoms with Gasteiger partial charge in [-0.25, -0.2) is 4.79 Å². The molecule has 0 spiro atoms. The number of carbonyl (C=O) groups excluding carboxylic acids is 2. The molecule has 0 unspecified atom stereocenters. The largest absolute Gasteiger partial charge is 0.482 e. The Balaban J connectivity index is 2.01. The fourth-order valence-electron chi connectivity index (χ4n) is 2.17. The van der Waals surface area contributed by atoms with E-state index in [1.807, 2.05) is 5.32 Å². The number of rotatable bonds is 7. The highest BCUT2D eigenvalue weighted by Crippen LogP contribution is 2.37. The summed E-state index contributed by atoms with van der Waals surface area (Å²) in [5.74, 6) is -1.56. The van der Waals surface area contributed by atoms with Crippen molar-refractivity contribution >= 4 is 23.3 Å². The molecule has 1 amide bonds. The van der Waals surface area contributed by atoms with Crippen LogP contribution in [0.5, 0.6) is 5.75 Å². The fourth-order valence-corrected chi connectivity index (χ4v) is 2.17. The molecule has 11 heteroatoms. The highest BCUT2D eigenvalue weighted by molar-refractivity contribution is 5.96. The van der Waals surface area contributed by atoms with Gasteiger partial charge in [0, 0.05) is 12.1 Å². The lowest BCUT2D eigenvalue weighted by Crippen LogP contribution is -2.32. The van der Waals surface area contributed by atoms with Crippen LogP contribution in [-0.2, 0) is 20.5 Å². The van der Waals surface area contributed by atoms with E-state index in [0.29, 0.717) is 11.8 Å². The zero-order chi connectivity index (χ0) is 21.6. The number of para-hydroxylation sites is 1. The Kier molecular flexibility index (Phi) is 6.75. The molecule has 2 aromatic rings. The quantitative estimate of drug-likeness (QED) is 0.423. The van der Waals surface area contributed by atoms with Gasteiger partial charge in [0.25, 0.3) is 11.6 Å². The molecule has 0 bridgehead atoms. The second kappa shape index (κ2) is 9.04. The third-order valence-corrected chi connectivity index (χ3v) is 3.55. The highest BCUT2D eigenvalue weighted by atomic mass is 19.4. The number of nitro groups is 1. The lowest BCUT2D eigenvalue weighted by Gasteiger charge is -2.17. The second-order valence-corrected chi connectivity index (χ2v) is 5.71. The number of non-ortho nitro benzene ring substituents is 1. The van der Waals surface area contributed by atoms with Gasteiger partial charge in [-0.2, -0.15) is 13.2 Å². The van der Waals surface area contributed by atoms with Gasteiger partial charge in [-0.1, -0.05) is 18.2 Å². The minimum Gasteiger partial charge on any atom is -0.482 e. The van der Waals surface area contributed by atoms with E-state index in [4.69, 9.17) is 9.47 Å². The highest BCUT2D eigenvalue weighted by Gasteiger charge is 2.36. The van der Waals surface area contributed by atoms with E-state index in [0.717, 1.165) is 19.1 Å². The predicted molar refractivity (Wildman–Crippen MR) is 94.2 cm³/mol. The Labute approximate surface area is 162 Å². The van der Waals surface area contributed by atoms with E-state index in [1.54, 1.807) is 30.3 Å². The summed E-state index contributed by atoms with van der Waals surface area (Å²) in [6.45, 7) is 0.654. The first kappa shape index (κ1) is 21.7. The summed E-state index contributed by atoms with van der Waals surface area (Å²) >= 11 is 0. The number of ether oxygens (including phenoxy) is 2. The maximum atomic E-state index is 13.1. The van der Waals surface area contributed by atoms with Gasteiger partial charge in [-0.15, -0.1) is 0 Å². The molecule has 0 saturated carbocycles. The van der Waals surface area contributed by atoms with Crippen molar-refractivity contribution in [1.82, 2.24) is 0 Å². The van der Waals surface area contributed by atoms with Crippen LogP contribution in [-0.4, -0.2) is 29.5 Å². The molecule has 154 valence electrons. The number of nitrogens with one attached hydrogen (secondary N) is 1. The Morgan fingerprint density at radius 3 is 2.41 bits per heavy atom. The van der Waals surface area contributed by atoms with Crippen LogP contribution >= 0.6 is 0 Å². The van der Waals surface area contributed by atoms with Crippen molar-refractivity contribution in [2.75, 3.05) is 11.9 Å². The summed E-state index contributed by atoms with van der Waals surface area (Å²) in [6.07, 6.45) is -6.38. The zero-order valence-corrected chi connectivity index (χ0v) is 14.9. The van der Waals surface area contributed by atoms with Crippen molar-refractivity contribution in [3.63, 3.8) is 0 Å². The Hall–Kier alpha value is -3.63. The molecule has 0 radical (unpaired) electrons. The van der Waals surface area contributed by atoms with Crippen molar-refractivity contribution in [2.24, 2.45) is 0 Å². The minimum atomic E-state index is -4.95. The summed E-state index contributed by atoms with van der Waals surface area (Å²) in [6, 6.07) is 10.2.